The summed E-state index contributed by atoms with van der Waals surface area (Å²) in [5.41, 5.74) is 2.72. The van der Waals surface area contributed by atoms with Crippen LogP contribution in [0.25, 0.3) is 0 Å². The van der Waals surface area contributed by atoms with E-state index in [0.29, 0.717) is 24.4 Å². The lowest BCUT2D eigenvalue weighted by molar-refractivity contribution is -0.127. The molecule has 1 N–H and O–H groups in total. The summed E-state index contributed by atoms with van der Waals surface area (Å²) in [4.78, 5) is 41.6. The number of ketones is 1. The molecular formula is C31H43N3O5Si. The van der Waals surface area contributed by atoms with Crippen LogP contribution in [0.3, 0.4) is 0 Å². The number of benzene rings is 1. The Bertz CT molecular complexity index is 1280. The van der Waals surface area contributed by atoms with Crippen LogP contribution in [0.1, 0.15) is 59.9 Å². The van der Waals surface area contributed by atoms with Crippen molar-refractivity contribution >= 4 is 26.1 Å². The summed E-state index contributed by atoms with van der Waals surface area (Å²) in [6.07, 6.45) is 5.19. The fourth-order valence-electron chi connectivity index (χ4n) is 5.01. The third-order valence-electron chi connectivity index (χ3n) is 8.08. The lowest BCUT2D eigenvalue weighted by Gasteiger charge is -2.36. The van der Waals surface area contributed by atoms with E-state index in [2.05, 4.69) is 51.3 Å². The molecule has 0 aliphatic carbocycles. The van der Waals surface area contributed by atoms with E-state index in [1.165, 1.54) is 6.92 Å². The highest BCUT2D eigenvalue weighted by molar-refractivity contribution is 6.74. The molecule has 2 amide bonds. The molecule has 3 aliphatic rings. The number of nitrogens with zero attached hydrogens (tertiary/aromatic N) is 2. The molecule has 1 aromatic rings. The molecular weight excluding hydrogens is 522 g/mol. The van der Waals surface area contributed by atoms with E-state index in [9.17, 15) is 14.4 Å². The Morgan fingerprint density at radius 3 is 2.30 bits per heavy atom. The van der Waals surface area contributed by atoms with Gasteiger partial charge in [0.1, 0.15) is 17.0 Å². The molecule has 0 saturated heterocycles. The number of fused-ring (bicyclic) bond motifs is 2. The number of hydrogen-bond acceptors (Lipinski definition) is 6. The quantitative estimate of drug-likeness (QED) is 0.439. The second-order valence-corrected chi connectivity index (χ2v) is 18.1. The number of amides is 2. The first-order valence-corrected chi connectivity index (χ1v) is 16.9. The summed E-state index contributed by atoms with van der Waals surface area (Å²) in [6.45, 7) is 19.2. The average Bonchev–Trinajstić information content (AvgIpc) is 3.31. The van der Waals surface area contributed by atoms with E-state index in [4.69, 9.17) is 9.16 Å². The predicted octanol–water partition coefficient (Wildman–Crippen LogP) is 5.50. The minimum atomic E-state index is -1.97. The molecule has 3 aliphatic heterocycles. The number of carbonyl (C=O) groups is 3. The lowest BCUT2D eigenvalue weighted by atomic mass is 9.86. The Hall–Kier alpha value is -3.33. The fraction of sp³-hybridized carbons (Fsp3) is 0.516. The number of ether oxygens (including phenoxy) is 1. The van der Waals surface area contributed by atoms with Crippen LogP contribution in [-0.2, 0) is 14.3 Å². The number of rotatable bonds is 7. The Morgan fingerprint density at radius 2 is 1.73 bits per heavy atom. The van der Waals surface area contributed by atoms with Crippen molar-refractivity contribution in [3.63, 3.8) is 0 Å². The first-order chi connectivity index (χ1) is 18.5. The van der Waals surface area contributed by atoms with E-state index >= 15 is 0 Å². The minimum Gasteiger partial charge on any atom is -0.544 e. The summed E-state index contributed by atoms with van der Waals surface area (Å²) >= 11 is 0. The van der Waals surface area contributed by atoms with Crippen LogP contribution in [0.15, 0.2) is 59.5 Å². The topological polar surface area (TPSA) is 88.2 Å². The summed E-state index contributed by atoms with van der Waals surface area (Å²) in [7, 11) is -1.97. The molecule has 4 rings (SSSR count). The van der Waals surface area contributed by atoms with Gasteiger partial charge in [0.25, 0.3) is 5.91 Å². The van der Waals surface area contributed by atoms with Crippen molar-refractivity contribution in [3.8, 4) is 5.75 Å². The number of allylic oxidation sites excluding steroid dienone is 2. The zero-order valence-electron chi connectivity index (χ0n) is 25.3. The van der Waals surface area contributed by atoms with Gasteiger partial charge in [-0.2, -0.15) is 0 Å². The molecule has 216 valence electrons. The predicted molar refractivity (Wildman–Crippen MR) is 158 cm³/mol. The summed E-state index contributed by atoms with van der Waals surface area (Å²) in [5.74, 6) is 0.664. The van der Waals surface area contributed by atoms with E-state index in [-0.39, 0.29) is 35.2 Å². The zero-order valence-corrected chi connectivity index (χ0v) is 26.3. The van der Waals surface area contributed by atoms with Gasteiger partial charge in [0, 0.05) is 37.3 Å². The zero-order chi connectivity index (χ0) is 29.6. The number of hydrogen-bond donors (Lipinski definition) is 1. The number of carbonyl (C=O) groups excluding carboxylic acids is 3. The molecule has 0 spiro atoms. The van der Waals surface area contributed by atoms with Crippen molar-refractivity contribution < 1.29 is 23.5 Å². The van der Waals surface area contributed by atoms with Gasteiger partial charge in [-0.3, -0.25) is 9.59 Å². The van der Waals surface area contributed by atoms with Crippen molar-refractivity contribution in [2.24, 2.45) is 0 Å². The van der Waals surface area contributed by atoms with Crippen molar-refractivity contribution in [3.05, 3.63) is 65.0 Å². The van der Waals surface area contributed by atoms with Crippen LogP contribution in [0.5, 0.6) is 5.75 Å². The fourth-order valence-corrected chi connectivity index (χ4v) is 6.04. The highest BCUT2D eigenvalue weighted by atomic mass is 28.4. The maximum absolute atomic E-state index is 13.6. The molecule has 0 aromatic heterocycles. The highest BCUT2D eigenvalue weighted by Crippen LogP contribution is 2.47. The third kappa shape index (κ3) is 6.04. The SMILES string of the molecule is CC(=O)C1=CN2C3=C(CN(CCNC(=O)OC(C)(C)C)C3=O)C(c3ccc(O[Si](C)(C)C(C)(C)C)cc3)C2C=C1. The van der Waals surface area contributed by atoms with Crippen LogP contribution in [0.4, 0.5) is 4.79 Å². The van der Waals surface area contributed by atoms with Crippen molar-refractivity contribution in [2.75, 3.05) is 19.6 Å². The van der Waals surface area contributed by atoms with Crippen molar-refractivity contribution in [1.29, 1.82) is 0 Å². The largest absolute Gasteiger partial charge is 0.544 e. The second kappa shape index (κ2) is 10.6. The highest BCUT2D eigenvalue weighted by Gasteiger charge is 2.48. The Labute approximate surface area is 239 Å². The maximum atomic E-state index is 13.6. The van der Waals surface area contributed by atoms with Crippen molar-refractivity contribution in [2.45, 2.75) is 84.2 Å². The van der Waals surface area contributed by atoms with Crippen LogP contribution in [0.2, 0.25) is 18.1 Å². The van der Waals surface area contributed by atoms with Crippen molar-refractivity contribution in [1.82, 2.24) is 15.1 Å². The number of Topliss-reactive ketones (excluding diaryl/α,β-unsaturated/α-hetero) is 1. The normalized spacial score (nSPS) is 20.8. The Kier molecular flexibility index (Phi) is 7.84. The van der Waals surface area contributed by atoms with Gasteiger partial charge in [-0.05, 0) is 69.1 Å². The van der Waals surface area contributed by atoms with Crippen LogP contribution in [0, 0.1) is 0 Å². The van der Waals surface area contributed by atoms with Crippen LogP contribution >= 0.6 is 0 Å². The summed E-state index contributed by atoms with van der Waals surface area (Å²) in [6, 6.07) is 8.15. The van der Waals surface area contributed by atoms with Gasteiger partial charge >= 0.3 is 6.09 Å². The monoisotopic (exact) mass is 565 g/mol. The standard InChI is InChI=1S/C31H43N3O5Si/c1-20(35)22-12-15-25-26(21-10-13-23(14-11-21)39-40(8,9)31(5,6)7)24-19-33(28(36)27(24)34(25)18-22)17-16-32-29(37)38-30(2,3)4/h10-15,18,25-26H,16-17,19H2,1-9H3,(H,32,37). The molecule has 0 saturated carbocycles. The van der Waals surface area contributed by atoms with E-state index in [0.717, 1.165) is 16.9 Å². The molecule has 1 aromatic carbocycles. The molecule has 9 heteroatoms. The van der Waals surface area contributed by atoms with Crippen LogP contribution in [-0.4, -0.2) is 67.2 Å². The van der Waals surface area contributed by atoms with Gasteiger partial charge in [-0.15, -0.1) is 0 Å². The smallest absolute Gasteiger partial charge is 0.407 e. The van der Waals surface area contributed by atoms with Gasteiger partial charge < -0.3 is 24.3 Å². The Balaban J connectivity index is 1.56. The molecule has 0 bridgehead atoms. The number of alkyl carbamates (subject to hydrolysis) is 1. The summed E-state index contributed by atoms with van der Waals surface area (Å²) in [5, 5.41) is 2.84. The van der Waals surface area contributed by atoms with Gasteiger partial charge in [-0.25, -0.2) is 4.79 Å². The molecule has 3 heterocycles. The minimum absolute atomic E-state index is 0.0451. The molecule has 2 atom stereocenters. The van der Waals surface area contributed by atoms with E-state index < -0.39 is 20.0 Å². The summed E-state index contributed by atoms with van der Waals surface area (Å²) < 4.78 is 11.8. The van der Waals surface area contributed by atoms with Gasteiger partial charge in [0.2, 0.25) is 8.32 Å². The lowest BCUT2D eigenvalue weighted by Crippen LogP contribution is -2.43. The molecule has 0 radical (unpaired) electrons. The van der Waals surface area contributed by atoms with Crippen LogP contribution < -0.4 is 9.74 Å². The Morgan fingerprint density at radius 1 is 1.07 bits per heavy atom. The first kappa shape index (κ1) is 29.6. The first-order valence-electron chi connectivity index (χ1n) is 14.0. The average molecular weight is 566 g/mol. The van der Waals surface area contributed by atoms with Gasteiger partial charge in [0.15, 0.2) is 5.78 Å². The molecule has 40 heavy (non-hydrogen) atoms. The maximum Gasteiger partial charge on any atom is 0.407 e. The van der Waals surface area contributed by atoms with Gasteiger partial charge in [0.05, 0.1) is 6.04 Å². The molecule has 2 unspecified atom stereocenters. The van der Waals surface area contributed by atoms with E-state index in [1.54, 1.807) is 11.1 Å². The third-order valence-corrected chi connectivity index (χ3v) is 12.4. The van der Waals surface area contributed by atoms with Gasteiger partial charge in [-0.1, -0.05) is 45.1 Å². The van der Waals surface area contributed by atoms with E-state index in [1.807, 2.05) is 50.0 Å². The second-order valence-electron chi connectivity index (χ2n) is 13.3. The molecule has 8 nitrogen and oxygen atoms in total. The molecule has 0 fully saturated rings. The number of nitrogens with one attached hydrogen (secondary N) is 1.